The Balaban J connectivity index is 2.05. The molecule has 12 heteroatoms. The number of carbonyl (C=O) groups is 5. The molecule has 1 aliphatic heterocycles. The van der Waals surface area contributed by atoms with Gasteiger partial charge in [0.1, 0.15) is 42.0 Å². The van der Waals surface area contributed by atoms with Crippen LogP contribution < -0.4 is 0 Å². The van der Waals surface area contributed by atoms with Crippen molar-refractivity contribution in [2.75, 3.05) is 6.61 Å². The molecular weight excluding hydrogens is 552 g/mol. The van der Waals surface area contributed by atoms with Crippen molar-refractivity contribution < 1.29 is 57.5 Å². The standard InChI is InChI=1S/C30H38O12/c1-15-13-21(38-17(3)32)24(35)29(14-37-16(2)31)26(41-27(36)20-11-9-8-10-12-20)23(39-18(4)33)22-25(40-19(5)34)30(15,29)42-28(22,6)7/h8-12,15,21-26,35H,13-14H2,1-7H3/t15-,21+,22-,23-,24+,25-,26-,29+,30-/m1/s1. The van der Waals surface area contributed by atoms with Crippen LogP contribution in [0.2, 0.25) is 0 Å². The van der Waals surface area contributed by atoms with E-state index in [2.05, 4.69) is 0 Å². The monoisotopic (exact) mass is 590 g/mol. The minimum Gasteiger partial charge on any atom is -0.465 e. The number of aliphatic hydroxyl groups excluding tert-OH is 1. The fourth-order valence-electron chi connectivity index (χ4n) is 7.47. The fraction of sp³-hybridized carbons (Fsp3) is 0.633. The highest BCUT2D eigenvalue weighted by molar-refractivity contribution is 5.89. The van der Waals surface area contributed by atoms with Crippen LogP contribution in [0.15, 0.2) is 30.3 Å². The van der Waals surface area contributed by atoms with Gasteiger partial charge in [-0.25, -0.2) is 4.79 Å². The minimum absolute atomic E-state index is 0.0702. The van der Waals surface area contributed by atoms with E-state index in [1.807, 2.05) is 0 Å². The lowest BCUT2D eigenvalue weighted by molar-refractivity contribution is -0.328. The Morgan fingerprint density at radius 1 is 0.857 bits per heavy atom. The summed E-state index contributed by atoms with van der Waals surface area (Å²) < 4.78 is 35.9. The second-order valence-electron chi connectivity index (χ2n) is 11.9. The maximum atomic E-state index is 13.6. The van der Waals surface area contributed by atoms with Crippen molar-refractivity contribution in [3.8, 4) is 0 Å². The number of hydrogen-bond acceptors (Lipinski definition) is 12. The minimum atomic E-state index is -1.95. The summed E-state index contributed by atoms with van der Waals surface area (Å²) in [4.78, 5) is 63.2. The number of rotatable bonds is 7. The summed E-state index contributed by atoms with van der Waals surface area (Å²) in [5, 5.41) is 12.2. The van der Waals surface area contributed by atoms with Crippen molar-refractivity contribution in [1.82, 2.24) is 0 Å². The molecule has 1 spiro atoms. The van der Waals surface area contributed by atoms with E-state index in [-0.39, 0.29) is 12.0 Å². The Morgan fingerprint density at radius 3 is 2.00 bits per heavy atom. The molecule has 2 saturated carbocycles. The molecule has 12 nitrogen and oxygen atoms in total. The van der Waals surface area contributed by atoms with E-state index in [0.717, 1.165) is 6.92 Å². The molecular formula is C30H38O12. The predicted octanol–water partition coefficient (Wildman–Crippen LogP) is 2.13. The molecule has 4 rings (SSSR count). The largest absolute Gasteiger partial charge is 0.465 e. The summed E-state index contributed by atoms with van der Waals surface area (Å²) in [7, 11) is 0. The summed E-state index contributed by atoms with van der Waals surface area (Å²) >= 11 is 0. The number of benzene rings is 1. The van der Waals surface area contributed by atoms with Crippen molar-refractivity contribution >= 4 is 29.8 Å². The maximum Gasteiger partial charge on any atom is 0.338 e. The van der Waals surface area contributed by atoms with Crippen LogP contribution in [0.3, 0.4) is 0 Å². The molecule has 2 aliphatic carbocycles. The second-order valence-corrected chi connectivity index (χ2v) is 11.9. The number of hydrogen-bond donors (Lipinski definition) is 1. The second kappa shape index (κ2) is 11.3. The summed E-state index contributed by atoms with van der Waals surface area (Å²) in [5.74, 6) is -5.15. The highest BCUT2D eigenvalue weighted by Gasteiger charge is 2.85. The van der Waals surface area contributed by atoms with Crippen LogP contribution in [0.25, 0.3) is 0 Å². The molecule has 3 aliphatic rings. The lowest BCUT2D eigenvalue weighted by Gasteiger charge is -2.64. The van der Waals surface area contributed by atoms with Crippen LogP contribution in [0.5, 0.6) is 0 Å². The molecule has 2 bridgehead atoms. The SMILES string of the molecule is CC(=O)OC[C@]12[C@H](OC(=O)c3ccccc3)[C@H](OC(C)=O)[C@@H]3[C@@H](OC(C)=O)[C@]1(OC3(C)C)[C@H](C)C[C@H](OC(C)=O)[C@@H]2O. The van der Waals surface area contributed by atoms with Gasteiger partial charge in [0, 0.05) is 27.7 Å². The third-order valence-corrected chi connectivity index (χ3v) is 8.74. The molecule has 42 heavy (non-hydrogen) atoms. The first-order valence-corrected chi connectivity index (χ1v) is 13.9. The van der Waals surface area contributed by atoms with Gasteiger partial charge in [0.05, 0.1) is 17.1 Å². The van der Waals surface area contributed by atoms with Crippen LogP contribution in [0.4, 0.5) is 0 Å². The van der Waals surface area contributed by atoms with Crippen molar-refractivity contribution in [3.63, 3.8) is 0 Å². The Hall–Kier alpha value is -3.51. The van der Waals surface area contributed by atoms with Crippen LogP contribution >= 0.6 is 0 Å². The van der Waals surface area contributed by atoms with E-state index >= 15 is 0 Å². The van der Waals surface area contributed by atoms with Crippen molar-refractivity contribution in [2.45, 2.75) is 96.6 Å². The number of ether oxygens (including phenoxy) is 6. The molecule has 1 saturated heterocycles. The van der Waals surface area contributed by atoms with Gasteiger partial charge in [-0.3, -0.25) is 19.2 Å². The molecule has 0 aromatic heterocycles. The average Bonchev–Trinajstić information content (AvgIpc) is 3.07. The predicted molar refractivity (Wildman–Crippen MR) is 143 cm³/mol. The van der Waals surface area contributed by atoms with Gasteiger partial charge in [-0.05, 0) is 38.3 Å². The number of carbonyl (C=O) groups excluding carboxylic acids is 5. The van der Waals surface area contributed by atoms with E-state index in [9.17, 15) is 29.1 Å². The third-order valence-electron chi connectivity index (χ3n) is 8.74. The smallest absolute Gasteiger partial charge is 0.338 e. The lowest BCUT2D eigenvalue weighted by Crippen LogP contribution is -2.81. The molecule has 230 valence electrons. The molecule has 1 heterocycles. The lowest BCUT2D eigenvalue weighted by atomic mass is 9.47. The Morgan fingerprint density at radius 2 is 1.45 bits per heavy atom. The third kappa shape index (κ3) is 5.04. The van der Waals surface area contributed by atoms with E-state index < -0.39 is 95.4 Å². The van der Waals surface area contributed by atoms with Gasteiger partial charge < -0.3 is 33.5 Å². The zero-order valence-electron chi connectivity index (χ0n) is 24.8. The molecule has 0 amide bonds. The Labute approximate surface area is 243 Å². The first kappa shape index (κ1) is 31.4. The average molecular weight is 591 g/mol. The van der Waals surface area contributed by atoms with Gasteiger partial charge >= 0.3 is 29.8 Å². The fourth-order valence-corrected chi connectivity index (χ4v) is 7.47. The summed E-state index contributed by atoms with van der Waals surface area (Å²) in [5.41, 5.74) is -4.62. The van der Waals surface area contributed by atoms with Crippen LogP contribution in [0.1, 0.15) is 65.2 Å². The topological polar surface area (TPSA) is 161 Å². The number of esters is 5. The molecule has 0 radical (unpaired) electrons. The van der Waals surface area contributed by atoms with Gasteiger partial charge in [0.2, 0.25) is 0 Å². The van der Waals surface area contributed by atoms with Gasteiger partial charge in [0.15, 0.2) is 6.10 Å². The molecule has 1 N–H and O–H groups in total. The van der Waals surface area contributed by atoms with E-state index in [4.69, 9.17) is 28.4 Å². The quantitative estimate of drug-likeness (QED) is 0.364. The molecule has 1 aromatic rings. The van der Waals surface area contributed by atoms with Crippen molar-refractivity contribution in [3.05, 3.63) is 35.9 Å². The summed E-state index contributed by atoms with van der Waals surface area (Å²) in [6.45, 7) is 9.31. The van der Waals surface area contributed by atoms with Gasteiger partial charge in [-0.1, -0.05) is 25.1 Å². The van der Waals surface area contributed by atoms with Crippen LogP contribution in [-0.2, 0) is 47.6 Å². The van der Waals surface area contributed by atoms with Gasteiger partial charge in [0.25, 0.3) is 0 Å². The van der Waals surface area contributed by atoms with Crippen LogP contribution in [-0.4, -0.2) is 83.3 Å². The molecule has 3 fully saturated rings. The zero-order valence-corrected chi connectivity index (χ0v) is 24.8. The first-order valence-electron chi connectivity index (χ1n) is 13.9. The zero-order chi connectivity index (χ0) is 31.2. The summed E-state index contributed by atoms with van der Waals surface area (Å²) in [6, 6.07) is 8.04. The first-order chi connectivity index (χ1) is 19.6. The van der Waals surface area contributed by atoms with Crippen LogP contribution in [0, 0.1) is 17.3 Å². The van der Waals surface area contributed by atoms with Gasteiger partial charge in [-0.15, -0.1) is 0 Å². The Kier molecular flexibility index (Phi) is 8.45. The highest BCUT2D eigenvalue weighted by atomic mass is 16.6. The summed E-state index contributed by atoms with van der Waals surface area (Å²) in [6.07, 6.45) is -6.81. The normalized spacial score (nSPS) is 36.1. The number of aliphatic hydroxyl groups is 1. The van der Waals surface area contributed by atoms with E-state index in [1.165, 1.54) is 32.9 Å². The Bertz CT molecular complexity index is 1240. The van der Waals surface area contributed by atoms with E-state index in [1.54, 1.807) is 39.0 Å². The molecule has 1 aromatic carbocycles. The molecule has 9 atom stereocenters. The number of fused-ring (bicyclic) bond motifs is 1. The highest BCUT2D eigenvalue weighted by Crippen LogP contribution is 2.68. The van der Waals surface area contributed by atoms with Crippen molar-refractivity contribution in [2.24, 2.45) is 17.3 Å². The van der Waals surface area contributed by atoms with Crippen molar-refractivity contribution in [1.29, 1.82) is 0 Å². The molecule has 0 unspecified atom stereocenters. The maximum absolute atomic E-state index is 13.6. The van der Waals surface area contributed by atoms with E-state index in [0.29, 0.717) is 0 Å². The van der Waals surface area contributed by atoms with Gasteiger partial charge in [-0.2, -0.15) is 0 Å².